The van der Waals surface area contributed by atoms with Crippen molar-refractivity contribution in [2.24, 2.45) is 10.7 Å². The first-order valence-corrected chi connectivity index (χ1v) is 10.1. The second kappa shape index (κ2) is 10.8. The predicted molar refractivity (Wildman–Crippen MR) is 110 cm³/mol. The molecule has 0 radical (unpaired) electrons. The van der Waals surface area contributed by atoms with Crippen LogP contribution >= 0.6 is 0 Å². The average Bonchev–Trinajstić information content (AvgIpc) is 2.66. The van der Waals surface area contributed by atoms with Gasteiger partial charge in [-0.3, -0.25) is 4.99 Å². The molecule has 0 spiro atoms. The van der Waals surface area contributed by atoms with E-state index < -0.39 is 0 Å². The van der Waals surface area contributed by atoms with Crippen LogP contribution in [0.3, 0.4) is 0 Å². The SMILES string of the molecule is CCOC(=O)N1CCC(NC(N)=NCCCc2ccc(C(C)C)cc2)CC1. The number of benzene rings is 1. The van der Waals surface area contributed by atoms with Crippen LogP contribution in [-0.4, -0.2) is 49.2 Å². The molecular formula is C21H34N4O2. The van der Waals surface area contributed by atoms with Gasteiger partial charge in [-0.2, -0.15) is 0 Å². The van der Waals surface area contributed by atoms with Crippen LogP contribution in [0.25, 0.3) is 0 Å². The Morgan fingerprint density at radius 3 is 2.56 bits per heavy atom. The van der Waals surface area contributed by atoms with E-state index >= 15 is 0 Å². The van der Waals surface area contributed by atoms with Gasteiger partial charge in [-0.05, 0) is 49.7 Å². The summed E-state index contributed by atoms with van der Waals surface area (Å²) in [5.41, 5.74) is 8.73. The number of hydrogen-bond donors (Lipinski definition) is 2. The van der Waals surface area contributed by atoms with Crippen LogP contribution in [0.5, 0.6) is 0 Å². The summed E-state index contributed by atoms with van der Waals surface area (Å²) >= 11 is 0. The quantitative estimate of drug-likeness (QED) is 0.436. The number of likely N-dealkylation sites (tertiary alicyclic amines) is 1. The molecule has 1 aliphatic rings. The number of nitrogens with zero attached hydrogens (tertiary/aromatic N) is 2. The molecule has 1 amide bonds. The normalized spacial score (nSPS) is 15.9. The number of amides is 1. The molecule has 0 aromatic heterocycles. The van der Waals surface area contributed by atoms with Crippen LogP contribution in [0.15, 0.2) is 29.3 Å². The maximum atomic E-state index is 11.7. The Labute approximate surface area is 163 Å². The molecule has 150 valence electrons. The van der Waals surface area contributed by atoms with Crippen molar-refractivity contribution in [2.45, 2.75) is 58.4 Å². The number of nitrogens with two attached hydrogens (primary N) is 1. The summed E-state index contributed by atoms with van der Waals surface area (Å²) in [6.45, 7) is 8.75. The van der Waals surface area contributed by atoms with E-state index in [9.17, 15) is 4.79 Å². The highest BCUT2D eigenvalue weighted by atomic mass is 16.6. The van der Waals surface area contributed by atoms with Gasteiger partial charge in [0.25, 0.3) is 0 Å². The number of guanidine groups is 1. The minimum absolute atomic E-state index is 0.223. The molecule has 0 atom stereocenters. The number of hydrogen-bond acceptors (Lipinski definition) is 3. The van der Waals surface area contributed by atoms with Gasteiger partial charge in [0.1, 0.15) is 0 Å². The second-order valence-electron chi connectivity index (χ2n) is 7.37. The van der Waals surface area contributed by atoms with Gasteiger partial charge in [0.2, 0.25) is 0 Å². The topological polar surface area (TPSA) is 80.0 Å². The monoisotopic (exact) mass is 374 g/mol. The highest BCUT2D eigenvalue weighted by Gasteiger charge is 2.23. The van der Waals surface area contributed by atoms with Gasteiger partial charge >= 0.3 is 6.09 Å². The molecule has 0 aliphatic carbocycles. The molecule has 1 aromatic rings. The summed E-state index contributed by atoms with van der Waals surface area (Å²) in [6.07, 6.45) is 3.48. The summed E-state index contributed by atoms with van der Waals surface area (Å²) in [5.74, 6) is 1.07. The lowest BCUT2D eigenvalue weighted by molar-refractivity contribution is 0.0963. The Balaban J connectivity index is 1.65. The van der Waals surface area contributed by atoms with Crippen molar-refractivity contribution < 1.29 is 9.53 Å². The summed E-state index contributed by atoms with van der Waals surface area (Å²) in [4.78, 5) is 17.9. The Kier molecular flexibility index (Phi) is 8.43. The van der Waals surface area contributed by atoms with E-state index in [0.29, 0.717) is 38.1 Å². The average molecular weight is 375 g/mol. The van der Waals surface area contributed by atoms with Gasteiger partial charge in [0.15, 0.2) is 5.96 Å². The van der Waals surface area contributed by atoms with Crippen molar-refractivity contribution in [3.8, 4) is 0 Å². The lowest BCUT2D eigenvalue weighted by Gasteiger charge is -2.31. The third-order valence-corrected chi connectivity index (χ3v) is 4.93. The summed E-state index contributed by atoms with van der Waals surface area (Å²) < 4.78 is 5.04. The van der Waals surface area contributed by atoms with Gasteiger partial charge < -0.3 is 20.7 Å². The molecule has 1 saturated heterocycles. The molecule has 1 heterocycles. The number of aryl methyl sites for hydroxylation is 1. The van der Waals surface area contributed by atoms with E-state index in [1.54, 1.807) is 4.90 Å². The van der Waals surface area contributed by atoms with Crippen molar-refractivity contribution in [3.63, 3.8) is 0 Å². The summed E-state index contributed by atoms with van der Waals surface area (Å²) in [5, 5.41) is 3.28. The van der Waals surface area contributed by atoms with E-state index in [4.69, 9.17) is 10.5 Å². The first kappa shape index (κ1) is 21.1. The van der Waals surface area contributed by atoms with Crippen LogP contribution in [0.1, 0.15) is 57.1 Å². The fourth-order valence-corrected chi connectivity index (χ4v) is 3.23. The number of carbonyl (C=O) groups is 1. The maximum absolute atomic E-state index is 11.7. The standard InChI is InChI=1S/C21H34N4O2/c1-4-27-21(26)25-14-11-19(12-15-25)24-20(22)23-13-5-6-17-7-9-18(10-8-17)16(2)3/h7-10,16,19H,4-6,11-15H2,1-3H3,(H3,22,23,24). The zero-order valence-electron chi connectivity index (χ0n) is 16.9. The highest BCUT2D eigenvalue weighted by Crippen LogP contribution is 2.15. The van der Waals surface area contributed by atoms with Crippen LogP contribution < -0.4 is 11.1 Å². The number of ether oxygens (including phenoxy) is 1. The first-order chi connectivity index (χ1) is 13.0. The Hall–Kier alpha value is -2.24. The maximum Gasteiger partial charge on any atom is 0.409 e. The molecular weight excluding hydrogens is 340 g/mol. The van der Waals surface area contributed by atoms with E-state index in [1.807, 2.05) is 6.92 Å². The van der Waals surface area contributed by atoms with Gasteiger partial charge in [0.05, 0.1) is 6.61 Å². The van der Waals surface area contributed by atoms with Gasteiger partial charge in [0, 0.05) is 25.7 Å². The predicted octanol–water partition coefficient (Wildman–Crippen LogP) is 3.27. The van der Waals surface area contributed by atoms with Crippen molar-refractivity contribution in [2.75, 3.05) is 26.2 Å². The smallest absolute Gasteiger partial charge is 0.409 e. The first-order valence-electron chi connectivity index (χ1n) is 10.1. The van der Waals surface area contributed by atoms with Crippen LogP contribution in [0.4, 0.5) is 4.79 Å². The van der Waals surface area contributed by atoms with E-state index in [0.717, 1.165) is 25.7 Å². The molecule has 0 saturated carbocycles. The van der Waals surface area contributed by atoms with E-state index in [2.05, 4.69) is 48.4 Å². The molecule has 6 nitrogen and oxygen atoms in total. The van der Waals surface area contributed by atoms with Crippen molar-refractivity contribution >= 4 is 12.1 Å². The molecule has 2 rings (SSSR count). The summed E-state index contributed by atoms with van der Waals surface area (Å²) in [6, 6.07) is 9.10. The molecule has 0 bridgehead atoms. The molecule has 27 heavy (non-hydrogen) atoms. The van der Waals surface area contributed by atoms with Crippen LogP contribution in [-0.2, 0) is 11.2 Å². The van der Waals surface area contributed by atoms with Crippen LogP contribution in [0.2, 0.25) is 0 Å². The minimum Gasteiger partial charge on any atom is -0.450 e. The fraction of sp³-hybridized carbons (Fsp3) is 0.619. The Morgan fingerprint density at radius 2 is 1.96 bits per heavy atom. The second-order valence-corrected chi connectivity index (χ2v) is 7.37. The molecule has 0 unspecified atom stereocenters. The molecule has 1 fully saturated rings. The van der Waals surface area contributed by atoms with Crippen LogP contribution in [0, 0.1) is 0 Å². The zero-order chi connectivity index (χ0) is 19.6. The fourth-order valence-electron chi connectivity index (χ4n) is 3.23. The number of aliphatic imine (C=N–C) groups is 1. The van der Waals surface area contributed by atoms with E-state index in [1.165, 1.54) is 11.1 Å². The third kappa shape index (κ3) is 7.12. The molecule has 3 N–H and O–H groups in total. The van der Waals surface area contributed by atoms with Crippen molar-refractivity contribution in [1.82, 2.24) is 10.2 Å². The Morgan fingerprint density at radius 1 is 1.30 bits per heavy atom. The molecule has 6 heteroatoms. The number of nitrogens with one attached hydrogen (secondary N) is 1. The van der Waals surface area contributed by atoms with E-state index in [-0.39, 0.29) is 12.1 Å². The molecule has 1 aromatic carbocycles. The van der Waals surface area contributed by atoms with Gasteiger partial charge in [-0.25, -0.2) is 4.79 Å². The Bertz CT molecular complexity index is 605. The largest absolute Gasteiger partial charge is 0.450 e. The lowest BCUT2D eigenvalue weighted by Crippen LogP contribution is -2.48. The number of piperidine rings is 1. The number of rotatable bonds is 7. The zero-order valence-corrected chi connectivity index (χ0v) is 16.9. The van der Waals surface area contributed by atoms with Gasteiger partial charge in [-0.1, -0.05) is 38.1 Å². The third-order valence-electron chi connectivity index (χ3n) is 4.93. The van der Waals surface area contributed by atoms with Gasteiger partial charge in [-0.15, -0.1) is 0 Å². The summed E-state index contributed by atoms with van der Waals surface area (Å²) in [7, 11) is 0. The lowest BCUT2D eigenvalue weighted by atomic mass is 10.0. The number of carbonyl (C=O) groups excluding carboxylic acids is 1. The minimum atomic E-state index is -0.223. The highest BCUT2D eigenvalue weighted by molar-refractivity contribution is 5.78. The molecule has 1 aliphatic heterocycles. The van der Waals surface area contributed by atoms with Crippen molar-refractivity contribution in [3.05, 3.63) is 35.4 Å². The van der Waals surface area contributed by atoms with Crippen molar-refractivity contribution in [1.29, 1.82) is 0 Å².